The molecule has 0 spiro atoms. The summed E-state index contributed by atoms with van der Waals surface area (Å²) in [5.41, 5.74) is 2.54. The Morgan fingerprint density at radius 2 is 1.92 bits per heavy atom. The van der Waals surface area contributed by atoms with Crippen LogP contribution < -0.4 is 5.32 Å². The Kier molecular flexibility index (Phi) is 4.99. The van der Waals surface area contributed by atoms with Crippen LogP contribution in [0.25, 0.3) is 11.3 Å². The molecule has 0 fully saturated rings. The second-order valence-electron chi connectivity index (χ2n) is 5.62. The first-order chi connectivity index (χ1) is 11.4. The second-order valence-corrected chi connectivity index (χ2v) is 7.95. The lowest BCUT2D eigenvalue weighted by molar-refractivity contribution is 0.103. The number of halogens is 1. The van der Waals surface area contributed by atoms with E-state index in [0.29, 0.717) is 20.9 Å². The summed E-state index contributed by atoms with van der Waals surface area (Å²) in [6.45, 7) is 6.00. The number of carbonyl (C=O) groups excluding carboxylic acids is 1. The monoisotopic (exact) mass is 377 g/mol. The van der Waals surface area contributed by atoms with Gasteiger partial charge in [-0.3, -0.25) is 10.1 Å². The molecular formula is C17H16ClN3OS2. The largest absolute Gasteiger partial charge is 0.297 e. The maximum atomic E-state index is 12.5. The fraction of sp³-hybridized carbons (Fsp3) is 0.235. The number of nitrogens with zero attached hydrogens (tertiary/aromatic N) is 2. The number of benzene rings is 1. The quantitative estimate of drug-likeness (QED) is 0.643. The molecule has 3 rings (SSSR count). The Hall–Kier alpha value is -1.76. The van der Waals surface area contributed by atoms with Crippen molar-refractivity contribution in [2.24, 2.45) is 0 Å². The summed E-state index contributed by atoms with van der Waals surface area (Å²) >= 11 is 8.74. The molecule has 1 amide bonds. The van der Waals surface area contributed by atoms with Crippen molar-refractivity contribution in [1.82, 2.24) is 9.97 Å². The molecule has 2 aromatic heterocycles. The molecule has 1 N–H and O–H groups in total. The fourth-order valence-electron chi connectivity index (χ4n) is 2.11. The van der Waals surface area contributed by atoms with Gasteiger partial charge in [-0.2, -0.15) is 0 Å². The van der Waals surface area contributed by atoms with Gasteiger partial charge in [0.05, 0.1) is 16.4 Å². The van der Waals surface area contributed by atoms with Crippen LogP contribution in [0.4, 0.5) is 5.13 Å². The van der Waals surface area contributed by atoms with E-state index in [0.717, 1.165) is 22.0 Å². The third-order valence-corrected chi connectivity index (χ3v) is 5.84. The molecule has 2 heterocycles. The molecular weight excluding hydrogens is 362 g/mol. The lowest BCUT2D eigenvalue weighted by Crippen LogP contribution is -2.11. The molecule has 0 atom stereocenters. The topological polar surface area (TPSA) is 54.9 Å². The average Bonchev–Trinajstić information content (AvgIpc) is 3.15. The molecule has 0 saturated heterocycles. The van der Waals surface area contributed by atoms with Gasteiger partial charge in [0, 0.05) is 21.9 Å². The first kappa shape index (κ1) is 17.1. The molecule has 124 valence electrons. The molecule has 0 radical (unpaired) electrons. The van der Waals surface area contributed by atoms with Crippen molar-refractivity contribution >= 4 is 45.3 Å². The van der Waals surface area contributed by atoms with Crippen LogP contribution in [-0.4, -0.2) is 15.9 Å². The van der Waals surface area contributed by atoms with Crippen molar-refractivity contribution < 1.29 is 4.79 Å². The number of nitrogens with one attached hydrogen (secondary N) is 1. The minimum Gasteiger partial charge on any atom is -0.297 e. The van der Waals surface area contributed by atoms with Gasteiger partial charge in [0.1, 0.15) is 4.88 Å². The highest BCUT2D eigenvalue weighted by atomic mass is 35.5. The SMILES string of the molecule is Cc1nc(C(C)C)sc1C(=O)Nc1nc(-c2ccc(Cl)cc2)cs1. The van der Waals surface area contributed by atoms with E-state index in [1.807, 2.05) is 36.6 Å². The molecule has 0 bridgehead atoms. The molecule has 0 unspecified atom stereocenters. The number of amides is 1. The maximum absolute atomic E-state index is 12.5. The third kappa shape index (κ3) is 3.66. The van der Waals surface area contributed by atoms with Gasteiger partial charge in [-0.25, -0.2) is 9.97 Å². The zero-order chi connectivity index (χ0) is 17.3. The van der Waals surface area contributed by atoms with E-state index in [1.54, 1.807) is 0 Å². The molecule has 0 aliphatic rings. The summed E-state index contributed by atoms with van der Waals surface area (Å²) < 4.78 is 0. The van der Waals surface area contributed by atoms with E-state index in [2.05, 4.69) is 29.1 Å². The van der Waals surface area contributed by atoms with E-state index in [1.165, 1.54) is 22.7 Å². The van der Waals surface area contributed by atoms with Gasteiger partial charge in [-0.15, -0.1) is 22.7 Å². The zero-order valence-corrected chi connectivity index (χ0v) is 15.9. The van der Waals surface area contributed by atoms with Crippen LogP contribution in [0.1, 0.15) is 40.1 Å². The molecule has 0 saturated carbocycles. The zero-order valence-electron chi connectivity index (χ0n) is 13.5. The van der Waals surface area contributed by atoms with Gasteiger partial charge in [-0.05, 0) is 19.1 Å². The summed E-state index contributed by atoms with van der Waals surface area (Å²) in [4.78, 5) is 22.0. The number of aromatic nitrogens is 2. The lowest BCUT2D eigenvalue weighted by Gasteiger charge is -2.00. The Bertz CT molecular complexity index is 868. The Labute approximate surface area is 153 Å². The van der Waals surface area contributed by atoms with Crippen LogP contribution in [0.3, 0.4) is 0 Å². The second kappa shape index (κ2) is 7.01. The fourth-order valence-corrected chi connectivity index (χ4v) is 3.92. The van der Waals surface area contributed by atoms with Crippen molar-refractivity contribution in [3.8, 4) is 11.3 Å². The van der Waals surface area contributed by atoms with Crippen LogP contribution in [0.15, 0.2) is 29.6 Å². The molecule has 4 nitrogen and oxygen atoms in total. The number of anilines is 1. The van der Waals surface area contributed by atoms with Crippen molar-refractivity contribution in [3.05, 3.63) is 50.2 Å². The maximum Gasteiger partial charge on any atom is 0.269 e. The molecule has 24 heavy (non-hydrogen) atoms. The average molecular weight is 378 g/mol. The van der Waals surface area contributed by atoms with E-state index in [-0.39, 0.29) is 5.91 Å². The number of rotatable bonds is 4. The third-order valence-electron chi connectivity index (χ3n) is 3.38. The number of carbonyl (C=O) groups is 1. The first-order valence-electron chi connectivity index (χ1n) is 7.44. The van der Waals surface area contributed by atoms with Crippen LogP contribution in [0, 0.1) is 6.92 Å². The predicted octanol–water partition coefficient (Wildman–Crippen LogP) is 5.60. The van der Waals surface area contributed by atoms with Crippen LogP contribution in [-0.2, 0) is 0 Å². The number of thiazole rings is 2. The smallest absolute Gasteiger partial charge is 0.269 e. The minimum absolute atomic E-state index is 0.158. The Morgan fingerprint density at radius 3 is 2.54 bits per heavy atom. The Morgan fingerprint density at radius 1 is 1.21 bits per heavy atom. The number of aryl methyl sites for hydroxylation is 1. The summed E-state index contributed by atoms with van der Waals surface area (Å²) in [7, 11) is 0. The van der Waals surface area contributed by atoms with Gasteiger partial charge in [-0.1, -0.05) is 37.6 Å². The van der Waals surface area contributed by atoms with Crippen LogP contribution in [0.2, 0.25) is 5.02 Å². The van der Waals surface area contributed by atoms with E-state index in [9.17, 15) is 4.79 Å². The van der Waals surface area contributed by atoms with Crippen molar-refractivity contribution in [2.75, 3.05) is 5.32 Å². The van der Waals surface area contributed by atoms with Crippen molar-refractivity contribution in [1.29, 1.82) is 0 Å². The predicted molar refractivity (Wildman–Crippen MR) is 101 cm³/mol. The van der Waals surface area contributed by atoms with Gasteiger partial charge in [0.25, 0.3) is 5.91 Å². The molecule has 3 aromatic rings. The van der Waals surface area contributed by atoms with E-state index < -0.39 is 0 Å². The van der Waals surface area contributed by atoms with Crippen LogP contribution >= 0.6 is 34.3 Å². The van der Waals surface area contributed by atoms with Gasteiger partial charge in [0.15, 0.2) is 5.13 Å². The van der Waals surface area contributed by atoms with E-state index in [4.69, 9.17) is 11.6 Å². The standard InChI is InChI=1S/C17H16ClN3OS2/c1-9(2)16-19-10(3)14(24-16)15(22)21-17-20-13(8-23-17)11-4-6-12(18)7-5-11/h4-9H,1-3H3,(H,20,21,22). The normalized spacial score (nSPS) is 11.0. The highest BCUT2D eigenvalue weighted by molar-refractivity contribution is 7.15. The highest BCUT2D eigenvalue weighted by Gasteiger charge is 2.18. The van der Waals surface area contributed by atoms with Crippen molar-refractivity contribution in [3.63, 3.8) is 0 Å². The minimum atomic E-state index is -0.158. The van der Waals surface area contributed by atoms with Gasteiger partial charge < -0.3 is 0 Å². The highest BCUT2D eigenvalue weighted by Crippen LogP contribution is 2.28. The van der Waals surface area contributed by atoms with Gasteiger partial charge >= 0.3 is 0 Å². The molecule has 1 aromatic carbocycles. The Balaban J connectivity index is 1.77. The number of hydrogen-bond acceptors (Lipinski definition) is 5. The summed E-state index contributed by atoms with van der Waals surface area (Å²) in [6.07, 6.45) is 0. The molecule has 0 aliphatic carbocycles. The van der Waals surface area contributed by atoms with Crippen LogP contribution in [0.5, 0.6) is 0 Å². The summed E-state index contributed by atoms with van der Waals surface area (Å²) in [5, 5.41) is 7.01. The molecule has 0 aliphatic heterocycles. The summed E-state index contributed by atoms with van der Waals surface area (Å²) in [6, 6.07) is 7.46. The number of hydrogen-bond donors (Lipinski definition) is 1. The lowest BCUT2D eigenvalue weighted by atomic mass is 10.2. The van der Waals surface area contributed by atoms with Crippen molar-refractivity contribution in [2.45, 2.75) is 26.7 Å². The first-order valence-corrected chi connectivity index (χ1v) is 9.51. The molecule has 7 heteroatoms. The van der Waals surface area contributed by atoms with Gasteiger partial charge in [0.2, 0.25) is 0 Å². The van der Waals surface area contributed by atoms with E-state index >= 15 is 0 Å². The summed E-state index contributed by atoms with van der Waals surface area (Å²) in [5.74, 6) is 0.153.